The summed E-state index contributed by atoms with van der Waals surface area (Å²) in [5.41, 5.74) is 28.8. The maximum Gasteiger partial charge on any atom is 0.113 e. The van der Waals surface area contributed by atoms with Gasteiger partial charge in [0, 0.05) is 16.7 Å². The number of fused-ring (bicyclic) bond motifs is 14. The van der Waals surface area contributed by atoms with Crippen LogP contribution in [-0.2, 0) is 10.8 Å². The summed E-state index contributed by atoms with van der Waals surface area (Å²) in [7, 11) is -2.05. The van der Waals surface area contributed by atoms with Gasteiger partial charge in [-0.1, -0.05) is 211 Å². The van der Waals surface area contributed by atoms with E-state index in [0.29, 0.717) is 0 Å². The molecule has 5 aliphatic carbocycles. The average Bonchev–Trinajstić information content (AvgIpc) is 3.99. The van der Waals surface area contributed by atoms with Crippen molar-refractivity contribution in [2.45, 2.75) is 58.0 Å². The first kappa shape index (κ1) is 39.6. The van der Waals surface area contributed by atoms with Crippen LogP contribution in [-0.4, -0.2) is 8.07 Å². The lowest BCUT2D eigenvalue weighted by Gasteiger charge is -2.34. The standard InChI is InChI=1S/C68H52Si/c1-67(2)58-23-12-9-18-45(58)47-29-27-40(35-60(47)67)64-53-31-26-39(42-32-33-52-44-17-8-7-16-43(44)51-22-15-21-50(42)66(51)52)34-55(53)65(41-28-30-48-46-19-10-13-24-59(46)68(3,4)61(48)36-41)57-38-63-54(37-56(57)64)49-20-11-14-25-62(49)69(63,5)6/h7-30,32-38,53H,31H2,1-6H3. The summed E-state index contributed by atoms with van der Waals surface area (Å²) < 4.78 is 0. The van der Waals surface area contributed by atoms with Gasteiger partial charge in [-0.3, -0.25) is 0 Å². The highest BCUT2D eigenvalue weighted by Crippen LogP contribution is 2.54. The van der Waals surface area contributed by atoms with Crippen LogP contribution in [0, 0.1) is 5.92 Å². The fraction of sp³-hybridized carbons (Fsp3) is 0.147. The molecule has 0 nitrogen and oxygen atoms in total. The normalized spacial score (nSPS) is 18.3. The summed E-state index contributed by atoms with van der Waals surface area (Å²) in [6, 6.07) is 68.6. The van der Waals surface area contributed by atoms with Crippen LogP contribution in [0.5, 0.6) is 0 Å². The zero-order valence-electron chi connectivity index (χ0n) is 40.2. The predicted molar refractivity (Wildman–Crippen MR) is 293 cm³/mol. The molecule has 15 rings (SSSR count). The van der Waals surface area contributed by atoms with Crippen molar-refractivity contribution < 1.29 is 0 Å². The zero-order chi connectivity index (χ0) is 46.3. The lowest BCUT2D eigenvalue weighted by molar-refractivity contribution is 0.659. The molecular formula is C68H52Si. The Balaban J connectivity index is 1.04. The Bertz CT molecular complexity index is 4040. The van der Waals surface area contributed by atoms with Crippen LogP contribution in [0.25, 0.3) is 83.1 Å². The summed E-state index contributed by atoms with van der Waals surface area (Å²) in [5.74, 6) is 0.153. The van der Waals surface area contributed by atoms with Crippen molar-refractivity contribution in [2.24, 2.45) is 5.92 Å². The molecule has 0 N–H and O–H groups in total. The summed E-state index contributed by atoms with van der Waals surface area (Å²) >= 11 is 0. The second-order valence-corrected chi connectivity index (χ2v) is 26.6. The van der Waals surface area contributed by atoms with E-state index in [4.69, 9.17) is 0 Å². The highest BCUT2D eigenvalue weighted by atomic mass is 28.3. The zero-order valence-corrected chi connectivity index (χ0v) is 41.2. The molecule has 0 bridgehead atoms. The van der Waals surface area contributed by atoms with Gasteiger partial charge in [-0.2, -0.15) is 0 Å². The van der Waals surface area contributed by atoms with Gasteiger partial charge in [0.05, 0.1) is 0 Å². The monoisotopic (exact) mass is 896 g/mol. The SMILES string of the molecule is CC1(C)c2ccccc2-c2ccc(C3=c4cc5c(cc4=C(c4ccc6c(c4)C(C)(C)c4ccccc4-6)C4CC=C(c6ccc7c8c(cccc68)-c6ccccc6-7)C=C34)-c3ccccc3[Si]5(C)C)cc21. The van der Waals surface area contributed by atoms with E-state index in [1.54, 1.807) is 10.4 Å². The molecule has 0 saturated carbocycles. The molecule has 0 radical (unpaired) electrons. The molecule has 1 atom stereocenters. The molecule has 0 saturated heterocycles. The van der Waals surface area contributed by atoms with Crippen molar-refractivity contribution in [2.75, 3.05) is 0 Å². The summed E-state index contributed by atoms with van der Waals surface area (Å²) in [5, 5.41) is 8.60. The lowest BCUT2D eigenvalue weighted by atomic mass is 9.69. The molecule has 328 valence electrons. The first-order chi connectivity index (χ1) is 33.5. The third kappa shape index (κ3) is 5.09. The Morgan fingerprint density at radius 3 is 1.65 bits per heavy atom. The molecule has 1 aliphatic heterocycles. The molecule has 0 fully saturated rings. The van der Waals surface area contributed by atoms with Gasteiger partial charge in [-0.05, 0) is 173 Å². The average molecular weight is 897 g/mol. The van der Waals surface area contributed by atoms with Gasteiger partial charge in [0.1, 0.15) is 8.07 Å². The topological polar surface area (TPSA) is 0 Å². The number of rotatable bonds is 3. The van der Waals surface area contributed by atoms with E-state index in [9.17, 15) is 0 Å². The van der Waals surface area contributed by atoms with Crippen molar-refractivity contribution in [1.82, 2.24) is 0 Å². The maximum atomic E-state index is 2.69. The van der Waals surface area contributed by atoms with Crippen LogP contribution >= 0.6 is 0 Å². The van der Waals surface area contributed by atoms with E-state index >= 15 is 0 Å². The minimum absolute atomic E-state index is 0.105. The third-order valence-corrected chi connectivity index (χ3v) is 21.3. The van der Waals surface area contributed by atoms with Crippen molar-refractivity contribution in [1.29, 1.82) is 0 Å². The van der Waals surface area contributed by atoms with Gasteiger partial charge < -0.3 is 0 Å². The minimum atomic E-state index is -2.05. The third-order valence-electron chi connectivity index (χ3n) is 17.8. The first-order valence-corrected chi connectivity index (χ1v) is 28.1. The van der Waals surface area contributed by atoms with Gasteiger partial charge in [-0.25, -0.2) is 0 Å². The smallest absolute Gasteiger partial charge is 0.0757 e. The Kier molecular flexibility index (Phi) is 7.74. The molecule has 9 aromatic rings. The largest absolute Gasteiger partial charge is 0.113 e. The predicted octanol–water partition coefficient (Wildman–Crippen LogP) is 14.3. The van der Waals surface area contributed by atoms with E-state index in [-0.39, 0.29) is 16.7 Å². The van der Waals surface area contributed by atoms with Crippen LogP contribution < -0.4 is 20.8 Å². The molecular weight excluding hydrogens is 845 g/mol. The maximum absolute atomic E-state index is 2.69. The van der Waals surface area contributed by atoms with Crippen LogP contribution in [0.1, 0.15) is 73.1 Å². The second-order valence-electron chi connectivity index (χ2n) is 22.2. The number of allylic oxidation sites excluding steroid dienone is 4. The summed E-state index contributed by atoms with van der Waals surface area (Å²) in [6.07, 6.45) is 6.12. The Hall–Kier alpha value is -7.32. The number of benzene rings is 9. The Morgan fingerprint density at radius 2 is 0.957 bits per heavy atom. The van der Waals surface area contributed by atoms with E-state index in [0.717, 1.165) is 6.42 Å². The molecule has 1 heteroatoms. The minimum Gasteiger partial charge on any atom is -0.0757 e. The van der Waals surface area contributed by atoms with Crippen LogP contribution in [0.4, 0.5) is 0 Å². The summed E-state index contributed by atoms with van der Waals surface area (Å²) in [6.45, 7) is 14.9. The van der Waals surface area contributed by atoms with Crippen molar-refractivity contribution in [3.05, 3.63) is 243 Å². The molecule has 1 heterocycles. The van der Waals surface area contributed by atoms with E-state index < -0.39 is 8.07 Å². The van der Waals surface area contributed by atoms with Crippen LogP contribution in [0.3, 0.4) is 0 Å². The molecule has 69 heavy (non-hydrogen) atoms. The molecule has 1 unspecified atom stereocenters. The molecule has 0 spiro atoms. The molecule has 9 aromatic carbocycles. The van der Waals surface area contributed by atoms with Gasteiger partial charge in [0.15, 0.2) is 0 Å². The highest BCUT2D eigenvalue weighted by molar-refractivity contribution is 7.03. The van der Waals surface area contributed by atoms with E-state index in [1.807, 2.05) is 0 Å². The van der Waals surface area contributed by atoms with Gasteiger partial charge in [-0.15, -0.1) is 0 Å². The van der Waals surface area contributed by atoms with Gasteiger partial charge in [0.2, 0.25) is 0 Å². The number of hydrogen-bond donors (Lipinski definition) is 0. The van der Waals surface area contributed by atoms with Gasteiger partial charge >= 0.3 is 0 Å². The molecule has 0 amide bonds. The Labute approximate surface area is 406 Å². The fourth-order valence-corrected chi connectivity index (χ4v) is 17.5. The number of hydrogen-bond acceptors (Lipinski definition) is 0. The fourth-order valence-electron chi connectivity index (χ4n) is 14.4. The summed E-state index contributed by atoms with van der Waals surface area (Å²) in [4.78, 5) is 0. The first-order valence-electron chi connectivity index (χ1n) is 25.1. The molecule has 6 aliphatic rings. The second kappa shape index (κ2) is 13.5. The van der Waals surface area contributed by atoms with Gasteiger partial charge in [0.25, 0.3) is 0 Å². The van der Waals surface area contributed by atoms with Crippen molar-refractivity contribution >= 4 is 45.9 Å². The van der Waals surface area contributed by atoms with Crippen molar-refractivity contribution in [3.63, 3.8) is 0 Å². The van der Waals surface area contributed by atoms with E-state index in [1.165, 1.54) is 138 Å². The van der Waals surface area contributed by atoms with Crippen molar-refractivity contribution in [3.8, 4) is 55.6 Å². The van der Waals surface area contributed by atoms with Crippen LogP contribution in [0.15, 0.2) is 194 Å². The quantitative estimate of drug-likeness (QED) is 0.155. The highest BCUT2D eigenvalue weighted by Gasteiger charge is 2.42. The Morgan fingerprint density at radius 1 is 0.420 bits per heavy atom. The van der Waals surface area contributed by atoms with E-state index in [2.05, 4.69) is 229 Å². The van der Waals surface area contributed by atoms with Crippen LogP contribution in [0.2, 0.25) is 13.1 Å². The molecule has 0 aromatic heterocycles. The lowest BCUT2D eigenvalue weighted by Crippen LogP contribution is -2.52.